The van der Waals surface area contributed by atoms with Crippen molar-refractivity contribution in [3.05, 3.63) is 18.2 Å². The minimum absolute atomic E-state index is 0.105. The molecule has 1 atom stereocenters. The highest BCUT2D eigenvalue weighted by molar-refractivity contribution is 7.91. The number of carbonyl (C=O) groups excluding carboxylic acids is 1. The second kappa shape index (κ2) is 5.36. The highest BCUT2D eigenvalue weighted by Crippen LogP contribution is 2.27. The Labute approximate surface area is 123 Å². The number of amides is 1. The summed E-state index contributed by atoms with van der Waals surface area (Å²) in [5, 5.41) is 2.71. The van der Waals surface area contributed by atoms with E-state index in [9.17, 15) is 13.2 Å². The van der Waals surface area contributed by atoms with Crippen LogP contribution < -0.4 is 11.1 Å². The van der Waals surface area contributed by atoms with Gasteiger partial charge in [0, 0.05) is 12.8 Å². The number of nitrogens with two attached hydrogens (primary N) is 1. The number of likely N-dealkylation sites (N-methyl/N-ethyl adjacent to an activating group) is 1. The van der Waals surface area contributed by atoms with Gasteiger partial charge in [-0.05, 0) is 26.0 Å². The summed E-state index contributed by atoms with van der Waals surface area (Å²) in [5.41, 5.74) is 6.69. The number of hydrogen-bond acceptors (Lipinski definition) is 5. The lowest BCUT2D eigenvalue weighted by atomic mass is 10.2. The number of nitrogen functional groups attached to an aromatic ring is 1. The topological polar surface area (TPSA) is 107 Å². The SMILES string of the molecule is CCNC(=O)C(C)n1c(N)nc2c(S(C)(=O)=O)cccc21. The average molecular weight is 310 g/mol. The first-order chi connectivity index (χ1) is 9.77. The summed E-state index contributed by atoms with van der Waals surface area (Å²) in [6.45, 7) is 4.02. The molecule has 7 nitrogen and oxygen atoms in total. The molecule has 21 heavy (non-hydrogen) atoms. The number of rotatable bonds is 4. The summed E-state index contributed by atoms with van der Waals surface area (Å²) in [5.74, 6) is -0.0897. The first-order valence-corrected chi connectivity index (χ1v) is 8.40. The molecule has 8 heteroatoms. The molecule has 1 aromatic carbocycles. The van der Waals surface area contributed by atoms with E-state index in [-0.39, 0.29) is 22.3 Å². The van der Waals surface area contributed by atoms with Crippen LogP contribution >= 0.6 is 0 Å². The van der Waals surface area contributed by atoms with Crippen molar-refractivity contribution in [2.75, 3.05) is 18.5 Å². The Bertz CT molecular complexity index is 795. The van der Waals surface area contributed by atoms with E-state index in [0.717, 1.165) is 6.26 Å². The van der Waals surface area contributed by atoms with Crippen LogP contribution in [0, 0.1) is 0 Å². The van der Waals surface area contributed by atoms with Gasteiger partial charge in [-0.25, -0.2) is 13.4 Å². The van der Waals surface area contributed by atoms with E-state index < -0.39 is 15.9 Å². The highest BCUT2D eigenvalue weighted by Gasteiger charge is 2.23. The number of para-hydroxylation sites is 1. The molecule has 0 radical (unpaired) electrons. The Balaban J connectivity index is 2.67. The number of hydrogen-bond donors (Lipinski definition) is 2. The van der Waals surface area contributed by atoms with E-state index in [0.29, 0.717) is 12.1 Å². The van der Waals surface area contributed by atoms with Crippen LogP contribution in [0.4, 0.5) is 5.95 Å². The van der Waals surface area contributed by atoms with Crippen LogP contribution in [0.1, 0.15) is 19.9 Å². The molecule has 0 fully saturated rings. The molecule has 0 bridgehead atoms. The van der Waals surface area contributed by atoms with Crippen LogP contribution in [-0.2, 0) is 14.6 Å². The largest absolute Gasteiger partial charge is 0.369 e. The second-order valence-electron chi connectivity index (χ2n) is 4.81. The van der Waals surface area contributed by atoms with Crippen molar-refractivity contribution in [3.8, 4) is 0 Å². The molecule has 3 N–H and O–H groups in total. The van der Waals surface area contributed by atoms with Gasteiger partial charge < -0.3 is 11.1 Å². The summed E-state index contributed by atoms with van der Waals surface area (Å²) in [7, 11) is -3.42. The minimum Gasteiger partial charge on any atom is -0.369 e. The van der Waals surface area contributed by atoms with Crippen molar-refractivity contribution < 1.29 is 13.2 Å². The average Bonchev–Trinajstić information content (AvgIpc) is 2.72. The summed E-state index contributed by atoms with van der Waals surface area (Å²) in [6.07, 6.45) is 1.12. The van der Waals surface area contributed by atoms with Gasteiger partial charge in [0.2, 0.25) is 11.9 Å². The quantitative estimate of drug-likeness (QED) is 0.865. The number of anilines is 1. The lowest BCUT2D eigenvalue weighted by molar-refractivity contribution is -0.123. The normalized spacial score (nSPS) is 13.3. The van der Waals surface area contributed by atoms with Gasteiger partial charge in [0.15, 0.2) is 9.84 Å². The third-order valence-electron chi connectivity index (χ3n) is 3.23. The van der Waals surface area contributed by atoms with Gasteiger partial charge in [0.1, 0.15) is 11.6 Å². The molecule has 1 amide bonds. The maximum Gasteiger partial charge on any atom is 0.242 e. The number of benzene rings is 1. The zero-order valence-electron chi connectivity index (χ0n) is 12.1. The van der Waals surface area contributed by atoms with Gasteiger partial charge in [0.25, 0.3) is 0 Å². The van der Waals surface area contributed by atoms with Gasteiger partial charge in [-0.15, -0.1) is 0 Å². The third kappa shape index (κ3) is 2.71. The Kier molecular flexibility index (Phi) is 3.91. The minimum atomic E-state index is -3.42. The lowest BCUT2D eigenvalue weighted by Crippen LogP contribution is -2.31. The standard InChI is InChI=1S/C13H18N4O3S/c1-4-15-12(18)8(2)17-9-6-5-7-10(21(3,19)20)11(9)16-13(17)14/h5-8H,4H2,1-3H3,(H2,14,16)(H,15,18). The van der Waals surface area contributed by atoms with Crippen molar-refractivity contribution in [2.24, 2.45) is 0 Å². The first kappa shape index (κ1) is 15.3. The highest BCUT2D eigenvalue weighted by atomic mass is 32.2. The van der Waals surface area contributed by atoms with Crippen LogP contribution in [0.5, 0.6) is 0 Å². The maximum atomic E-state index is 12.0. The number of imidazole rings is 1. The van der Waals surface area contributed by atoms with Crippen LogP contribution in [0.25, 0.3) is 11.0 Å². The molecule has 0 spiro atoms. The monoisotopic (exact) mass is 310 g/mol. The molecule has 2 rings (SSSR count). The molecular weight excluding hydrogens is 292 g/mol. The van der Waals surface area contributed by atoms with Gasteiger partial charge in [-0.3, -0.25) is 9.36 Å². The molecule has 114 valence electrons. The first-order valence-electron chi connectivity index (χ1n) is 6.51. The van der Waals surface area contributed by atoms with Crippen molar-refractivity contribution >= 4 is 32.7 Å². The number of sulfone groups is 1. The van der Waals surface area contributed by atoms with E-state index in [4.69, 9.17) is 5.73 Å². The zero-order valence-corrected chi connectivity index (χ0v) is 12.9. The second-order valence-corrected chi connectivity index (χ2v) is 6.79. The number of fused-ring (bicyclic) bond motifs is 1. The summed E-state index contributed by atoms with van der Waals surface area (Å²) in [6, 6.07) is 4.21. The Hall–Kier alpha value is -2.09. The number of carbonyl (C=O) groups is 1. The van der Waals surface area contributed by atoms with E-state index in [1.807, 2.05) is 6.92 Å². The number of aromatic nitrogens is 2. The number of nitrogens with one attached hydrogen (secondary N) is 1. The van der Waals surface area contributed by atoms with Gasteiger partial charge in [0.05, 0.1) is 10.4 Å². The Morgan fingerprint density at radius 2 is 2.14 bits per heavy atom. The molecule has 0 aliphatic heterocycles. The van der Waals surface area contributed by atoms with Crippen LogP contribution in [0.15, 0.2) is 23.1 Å². The molecule has 1 heterocycles. The van der Waals surface area contributed by atoms with Crippen molar-refractivity contribution in [1.82, 2.24) is 14.9 Å². The molecule has 1 aromatic heterocycles. The molecule has 2 aromatic rings. The van der Waals surface area contributed by atoms with Crippen molar-refractivity contribution in [3.63, 3.8) is 0 Å². The number of nitrogens with zero attached hydrogens (tertiary/aromatic N) is 2. The molecule has 0 saturated carbocycles. The van der Waals surface area contributed by atoms with Crippen molar-refractivity contribution in [1.29, 1.82) is 0 Å². The van der Waals surface area contributed by atoms with E-state index in [2.05, 4.69) is 10.3 Å². The van der Waals surface area contributed by atoms with E-state index in [1.165, 1.54) is 10.6 Å². The molecule has 1 unspecified atom stereocenters. The van der Waals surface area contributed by atoms with Gasteiger partial charge in [-0.1, -0.05) is 6.07 Å². The van der Waals surface area contributed by atoms with Crippen molar-refractivity contribution in [2.45, 2.75) is 24.8 Å². The molecule has 0 aliphatic rings. The molecule has 0 aliphatic carbocycles. The predicted molar refractivity (Wildman–Crippen MR) is 80.6 cm³/mol. The fraction of sp³-hybridized carbons (Fsp3) is 0.385. The van der Waals surface area contributed by atoms with E-state index >= 15 is 0 Å². The predicted octanol–water partition coefficient (Wildman–Crippen LogP) is 0.719. The fourth-order valence-electron chi connectivity index (χ4n) is 2.25. The van der Waals surface area contributed by atoms with Gasteiger partial charge >= 0.3 is 0 Å². The van der Waals surface area contributed by atoms with Crippen LogP contribution in [0.2, 0.25) is 0 Å². The fourth-order valence-corrected chi connectivity index (χ4v) is 3.08. The van der Waals surface area contributed by atoms with E-state index in [1.54, 1.807) is 19.1 Å². The van der Waals surface area contributed by atoms with Crippen LogP contribution in [0.3, 0.4) is 0 Å². The molecular formula is C13H18N4O3S. The summed E-state index contributed by atoms with van der Waals surface area (Å²) < 4.78 is 25.1. The smallest absolute Gasteiger partial charge is 0.242 e. The van der Waals surface area contributed by atoms with Gasteiger partial charge in [-0.2, -0.15) is 0 Å². The Morgan fingerprint density at radius 1 is 1.48 bits per heavy atom. The summed E-state index contributed by atoms with van der Waals surface area (Å²) in [4.78, 5) is 16.2. The zero-order chi connectivity index (χ0) is 15.8. The third-order valence-corrected chi connectivity index (χ3v) is 4.36. The Morgan fingerprint density at radius 3 is 2.71 bits per heavy atom. The van der Waals surface area contributed by atoms with Crippen LogP contribution in [-0.4, -0.2) is 36.7 Å². The summed E-state index contributed by atoms with van der Waals surface area (Å²) >= 11 is 0. The lowest BCUT2D eigenvalue weighted by Gasteiger charge is -2.15. The molecule has 0 saturated heterocycles. The maximum absolute atomic E-state index is 12.0.